The van der Waals surface area contributed by atoms with Gasteiger partial charge in [0.1, 0.15) is 10.5 Å². The number of carbonyl (C=O) groups excluding carboxylic acids is 1. The van der Waals surface area contributed by atoms with Crippen LogP contribution in [0, 0.1) is 0 Å². The molecule has 0 aliphatic carbocycles. The first kappa shape index (κ1) is 10.3. The molecule has 0 saturated heterocycles. The average Bonchev–Trinajstić information content (AvgIpc) is 2.18. The summed E-state index contributed by atoms with van der Waals surface area (Å²) in [6, 6.07) is 5.25. The number of nitrogens with zero attached hydrogens (tertiary/aromatic N) is 1. The molecule has 1 unspecified atom stereocenters. The highest BCUT2D eigenvalue weighted by atomic mass is 79.9. The van der Waals surface area contributed by atoms with E-state index in [-0.39, 0.29) is 10.6 Å². The van der Waals surface area contributed by atoms with E-state index in [2.05, 4.69) is 20.9 Å². The van der Waals surface area contributed by atoms with E-state index < -0.39 is 0 Å². The van der Waals surface area contributed by atoms with E-state index in [1.54, 1.807) is 31.5 Å². The van der Waals surface area contributed by atoms with Gasteiger partial charge in [-0.2, -0.15) is 0 Å². The van der Waals surface area contributed by atoms with Crippen molar-refractivity contribution in [3.63, 3.8) is 0 Å². The molecule has 1 atom stereocenters. The van der Waals surface area contributed by atoms with Gasteiger partial charge >= 0.3 is 0 Å². The Labute approximate surface area is 85.3 Å². The second-order valence-corrected chi connectivity index (χ2v) is 3.61. The van der Waals surface area contributed by atoms with Crippen LogP contribution in [0.4, 0.5) is 0 Å². The van der Waals surface area contributed by atoms with Crippen molar-refractivity contribution in [2.45, 2.75) is 4.83 Å². The second-order valence-electron chi connectivity index (χ2n) is 2.50. The number of hydrogen-bond donors (Lipinski definition) is 0. The number of hydrogen-bond acceptors (Lipinski definition) is 3. The molecule has 4 heteroatoms. The Hall–Kier alpha value is -0.740. The number of rotatable bonds is 4. The van der Waals surface area contributed by atoms with E-state index in [4.69, 9.17) is 4.74 Å². The first-order valence-corrected chi connectivity index (χ1v) is 4.75. The van der Waals surface area contributed by atoms with Crippen LogP contribution in [0.5, 0.6) is 0 Å². The highest BCUT2D eigenvalue weighted by molar-refractivity contribution is 9.10. The zero-order chi connectivity index (χ0) is 9.68. The maximum absolute atomic E-state index is 11.5. The Morgan fingerprint density at radius 3 is 3.00 bits per heavy atom. The molecule has 1 aromatic heterocycles. The van der Waals surface area contributed by atoms with Crippen LogP contribution in [0.1, 0.15) is 10.5 Å². The smallest absolute Gasteiger partial charge is 0.197 e. The molecule has 13 heavy (non-hydrogen) atoms. The van der Waals surface area contributed by atoms with E-state index in [1.807, 2.05) is 0 Å². The number of Topliss-reactive ketones (excluding diaryl/α,β-unsaturated/α-hetero) is 1. The molecular formula is C9H10BrNO2. The Morgan fingerprint density at radius 1 is 1.69 bits per heavy atom. The summed E-state index contributed by atoms with van der Waals surface area (Å²) in [7, 11) is 1.56. The summed E-state index contributed by atoms with van der Waals surface area (Å²) < 4.78 is 4.85. The fraction of sp³-hybridized carbons (Fsp3) is 0.333. The maximum Gasteiger partial charge on any atom is 0.197 e. The summed E-state index contributed by atoms with van der Waals surface area (Å²) in [5.74, 6) is -0.0533. The lowest BCUT2D eigenvalue weighted by Gasteiger charge is -2.05. The standard InChI is InChI=1S/C9H10BrNO2/c1-13-6-7(10)9(12)8-4-2-3-5-11-8/h2-5,7H,6H2,1H3. The Morgan fingerprint density at radius 2 is 2.46 bits per heavy atom. The minimum Gasteiger partial charge on any atom is -0.383 e. The number of aromatic nitrogens is 1. The summed E-state index contributed by atoms with van der Waals surface area (Å²) in [6.45, 7) is 0.357. The SMILES string of the molecule is COCC(Br)C(=O)c1ccccn1. The molecule has 0 N–H and O–H groups in total. The monoisotopic (exact) mass is 243 g/mol. The van der Waals surface area contributed by atoms with Crippen molar-refractivity contribution in [3.8, 4) is 0 Å². The van der Waals surface area contributed by atoms with Crippen LogP contribution in [0.3, 0.4) is 0 Å². The first-order chi connectivity index (χ1) is 6.25. The summed E-state index contributed by atoms with van der Waals surface area (Å²) in [4.78, 5) is 15.2. The summed E-state index contributed by atoms with van der Waals surface area (Å²) >= 11 is 3.23. The lowest BCUT2D eigenvalue weighted by Crippen LogP contribution is -2.20. The van der Waals surface area contributed by atoms with Crippen LogP contribution in [0.25, 0.3) is 0 Å². The topological polar surface area (TPSA) is 39.2 Å². The number of ketones is 1. The van der Waals surface area contributed by atoms with Gasteiger partial charge in [0, 0.05) is 13.3 Å². The van der Waals surface area contributed by atoms with Crippen LogP contribution in [-0.2, 0) is 4.74 Å². The molecule has 0 amide bonds. The zero-order valence-corrected chi connectivity index (χ0v) is 8.82. The number of carbonyl (C=O) groups is 1. The molecule has 70 valence electrons. The fourth-order valence-corrected chi connectivity index (χ4v) is 1.39. The van der Waals surface area contributed by atoms with Crippen molar-refractivity contribution < 1.29 is 9.53 Å². The predicted molar refractivity (Wildman–Crippen MR) is 53.2 cm³/mol. The summed E-state index contributed by atoms with van der Waals surface area (Å²) in [5.41, 5.74) is 0.460. The van der Waals surface area contributed by atoms with Gasteiger partial charge in [-0.15, -0.1) is 0 Å². The third-order valence-corrected chi connectivity index (χ3v) is 2.19. The van der Waals surface area contributed by atoms with Gasteiger partial charge in [0.2, 0.25) is 0 Å². The first-order valence-electron chi connectivity index (χ1n) is 3.84. The number of methoxy groups -OCH3 is 1. The largest absolute Gasteiger partial charge is 0.383 e. The summed E-state index contributed by atoms with van der Waals surface area (Å²) in [5, 5.41) is 0. The molecule has 0 spiro atoms. The van der Waals surface area contributed by atoms with E-state index >= 15 is 0 Å². The molecule has 0 saturated carbocycles. The minimum absolute atomic E-state index is 0.0533. The van der Waals surface area contributed by atoms with Crippen LogP contribution in [0.15, 0.2) is 24.4 Å². The van der Waals surface area contributed by atoms with Gasteiger partial charge in [0.05, 0.1) is 6.61 Å². The van der Waals surface area contributed by atoms with E-state index in [9.17, 15) is 4.79 Å². The molecule has 1 heterocycles. The fourth-order valence-electron chi connectivity index (χ4n) is 0.891. The van der Waals surface area contributed by atoms with Gasteiger partial charge < -0.3 is 4.74 Å². The van der Waals surface area contributed by atoms with Gasteiger partial charge in [0.25, 0.3) is 0 Å². The van der Waals surface area contributed by atoms with Crippen molar-refractivity contribution in [1.29, 1.82) is 0 Å². The highest BCUT2D eigenvalue weighted by Gasteiger charge is 2.16. The number of ether oxygens (including phenoxy) is 1. The molecule has 1 aromatic rings. The Balaban J connectivity index is 2.68. The van der Waals surface area contributed by atoms with E-state index in [1.165, 1.54) is 0 Å². The van der Waals surface area contributed by atoms with Crippen LogP contribution in [-0.4, -0.2) is 29.3 Å². The Kier molecular flexibility index (Phi) is 4.05. The van der Waals surface area contributed by atoms with Gasteiger partial charge in [-0.3, -0.25) is 9.78 Å². The average molecular weight is 244 g/mol. The van der Waals surface area contributed by atoms with Gasteiger partial charge in [-0.1, -0.05) is 22.0 Å². The number of alkyl halides is 1. The Bertz CT molecular complexity index is 276. The predicted octanol–water partition coefficient (Wildman–Crippen LogP) is 1.67. The van der Waals surface area contributed by atoms with Crippen LogP contribution >= 0.6 is 15.9 Å². The molecular weight excluding hydrogens is 234 g/mol. The molecule has 1 rings (SSSR count). The van der Waals surface area contributed by atoms with Crippen molar-refractivity contribution >= 4 is 21.7 Å². The second kappa shape index (κ2) is 5.09. The third kappa shape index (κ3) is 2.90. The highest BCUT2D eigenvalue weighted by Crippen LogP contribution is 2.07. The quantitative estimate of drug-likeness (QED) is 0.597. The third-order valence-electron chi connectivity index (χ3n) is 1.51. The molecule has 0 radical (unpaired) electrons. The molecule has 0 fully saturated rings. The minimum atomic E-state index is -0.313. The maximum atomic E-state index is 11.5. The van der Waals surface area contributed by atoms with E-state index in [0.717, 1.165) is 0 Å². The normalized spacial score (nSPS) is 12.5. The number of pyridine rings is 1. The van der Waals surface area contributed by atoms with Gasteiger partial charge in [0.15, 0.2) is 5.78 Å². The van der Waals surface area contributed by atoms with Crippen molar-refractivity contribution in [2.24, 2.45) is 0 Å². The van der Waals surface area contributed by atoms with E-state index in [0.29, 0.717) is 12.3 Å². The zero-order valence-electron chi connectivity index (χ0n) is 7.24. The summed E-state index contributed by atoms with van der Waals surface area (Å²) in [6.07, 6.45) is 1.60. The molecule has 0 aliphatic heterocycles. The van der Waals surface area contributed by atoms with Crippen molar-refractivity contribution in [3.05, 3.63) is 30.1 Å². The molecule has 0 aromatic carbocycles. The lowest BCUT2D eigenvalue weighted by molar-refractivity contribution is 0.0942. The van der Waals surface area contributed by atoms with Gasteiger partial charge in [-0.25, -0.2) is 0 Å². The van der Waals surface area contributed by atoms with Crippen LogP contribution in [0.2, 0.25) is 0 Å². The lowest BCUT2D eigenvalue weighted by atomic mass is 10.2. The molecule has 0 bridgehead atoms. The molecule has 0 aliphatic rings. The van der Waals surface area contributed by atoms with Crippen LogP contribution < -0.4 is 0 Å². The van der Waals surface area contributed by atoms with Crippen molar-refractivity contribution in [2.75, 3.05) is 13.7 Å². The number of halogens is 1. The van der Waals surface area contributed by atoms with Gasteiger partial charge in [-0.05, 0) is 12.1 Å². The molecule has 3 nitrogen and oxygen atoms in total. The van der Waals surface area contributed by atoms with Crippen molar-refractivity contribution in [1.82, 2.24) is 4.98 Å².